The monoisotopic (exact) mass is 719 g/mol. The summed E-state index contributed by atoms with van der Waals surface area (Å²) in [7, 11) is 0. The maximum absolute atomic E-state index is 4.35. The maximum Gasteiger partial charge on any atom is 0.0640 e. The molecule has 0 aliphatic heterocycles. The summed E-state index contributed by atoms with van der Waals surface area (Å²) in [5.41, 5.74) is 9.35. The van der Waals surface area contributed by atoms with E-state index in [1.54, 1.807) is 12.4 Å². The van der Waals surface area contributed by atoms with Crippen LogP contribution in [0.1, 0.15) is 184 Å². The Kier molecular flexibility index (Phi) is 29.8. The summed E-state index contributed by atoms with van der Waals surface area (Å²) in [6.45, 7) is 49.8. The molecule has 0 N–H and O–H groups in total. The van der Waals surface area contributed by atoms with E-state index in [4.69, 9.17) is 0 Å². The number of nitrogens with zero attached hydrogens (tertiary/aromatic N) is 6. The van der Waals surface area contributed by atoms with Crippen molar-refractivity contribution in [2.45, 2.75) is 188 Å². The summed E-state index contributed by atoms with van der Waals surface area (Å²) < 4.78 is 0. The van der Waals surface area contributed by atoms with Crippen LogP contribution in [0, 0.1) is 27.7 Å². The van der Waals surface area contributed by atoms with Crippen LogP contribution in [0.4, 0.5) is 0 Å². The fourth-order valence-electron chi connectivity index (χ4n) is 3.38. The molecule has 6 heteroatoms. The second-order valence-corrected chi connectivity index (χ2v) is 15.5. The summed E-state index contributed by atoms with van der Waals surface area (Å²) >= 11 is 0. The van der Waals surface area contributed by atoms with Gasteiger partial charge in [0.1, 0.15) is 0 Å². The van der Waals surface area contributed by atoms with E-state index in [1.807, 2.05) is 94.0 Å². The van der Waals surface area contributed by atoms with Crippen molar-refractivity contribution in [2.24, 2.45) is 0 Å². The summed E-state index contributed by atoms with van der Waals surface area (Å²) in [4.78, 5) is 25.6. The number of hydrogen-bond acceptors (Lipinski definition) is 6. The van der Waals surface area contributed by atoms with Crippen LogP contribution < -0.4 is 0 Å². The molecule has 0 fully saturated rings. The number of hydrogen-bond donors (Lipinski definition) is 0. The van der Waals surface area contributed by atoms with Crippen LogP contribution in [-0.2, 0) is 21.7 Å². The minimum absolute atomic E-state index is 0.112. The molecule has 0 atom stereocenters. The van der Waals surface area contributed by atoms with Gasteiger partial charge < -0.3 is 0 Å². The molecule has 0 aromatic carbocycles. The Morgan fingerprint density at radius 2 is 0.519 bits per heavy atom. The molecule has 4 aromatic rings. The predicted molar refractivity (Wildman–Crippen MR) is 232 cm³/mol. The van der Waals surface area contributed by atoms with Gasteiger partial charge in [-0.15, -0.1) is 0 Å². The topological polar surface area (TPSA) is 77.3 Å². The zero-order chi connectivity index (χ0) is 41.9. The third-order valence-corrected chi connectivity index (χ3v) is 6.46. The molecule has 0 aliphatic rings. The van der Waals surface area contributed by atoms with Gasteiger partial charge in [-0.05, 0) is 51.0 Å². The molecule has 0 saturated heterocycles. The first kappa shape index (κ1) is 55.2. The smallest absolute Gasteiger partial charge is 0.0640 e. The van der Waals surface area contributed by atoms with E-state index in [0.717, 1.165) is 34.2 Å². The molecular formula is C46H82N6. The fraction of sp³-hybridized carbons (Fsp3) is 0.609. The van der Waals surface area contributed by atoms with Gasteiger partial charge in [0.15, 0.2) is 0 Å². The van der Waals surface area contributed by atoms with E-state index >= 15 is 0 Å². The van der Waals surface area contributed by atoms with Gasteiger partial charge in [-0.3, -0.25) is 29.9 Å². The first-order valence-electron chi connectivity index (χ1n) is 19.4. The zero-order valence-electron chi connectivity index (χ0n) is 38.5. The lowest BCUT2D eigenvalue weighted by Crippen LogP contribution is -2.13. The van der Waals surface area contributed by atoms with Gasteiger partial charge in [0.05, 0.1) is 22.8 Å². The molecule has 4 aromatic heterocycles. The van der Waals surface area contributed by atoms with Crippen LogP contribution in [0.5, 0.6) is 0 Å². The highest BCUT2D eigenvalue weighted by molar-refractivity contribution is 5.18. The molecule has 4 rings (SSSR count). The standard InChI is InChI=1S/2C10H15N.2C9H14N2.4C2H6/c2*1-8-5-6-9(11-7-8)10(2,3)4;2*1-7-5-11-8(6-10-7)9(2,3)4;4*1-2/h2*5-7H,1-4H3;2*5-6H,1-4H3;4*1-2H3. The van der Waals surface area contributed by atoms with Crippen LogP contribution in [-0.4, -0.2) is 29.9 Å². The second-order valence-electron chi connectivity index (χ2n) is 15.5. The van der Waals surface area contributed by atoms with E-state index in [2.05, 4.69) is 151 Å². The molecule has 6 nitrogen and oxygen atoms in total. The average molecular weight is 719 g/mol. The summed E-state index contributed by atoms with van der Waals surface area (Å²) in [5.74, 6) is 0. The van der Waals surface area contributed by atoms with E-state index in [9.17, 15) is 0 Å². The Hall–Kier alpha value is -3.54. The van der Waals surface area contributed by atoms with Gasteiger partial charge >= 0.3 is 0 Å². The van der Waals surface area contributed by atoms with Gasteiger partial charge in [-0.25, -0.2) is 0 Å². The number of rotatable bonds is 0. The molecule has 0 radical (unpaired) electrons. The molecule has 0 aliphatic carbocycles. The predicted octanol–water partition coefficient (Wildman–Crippen LogP) is 13.6. The fourth-order valence-corrected chi connectivity index (χ4v) is 3.38. The largest absolute Gasteiger partial charge is 0.260 e. The van der Waals surface area contributed by atoms with Crippen LogP contribution in [0.25, 0.3) is 0 Å². The van der Waals surface area contributed by atoms with Crippen LogP contribution in [0.2, 0.25) is 0 Å². The van der Waals surface area contributed by atoms with Crippen molar-refractivity contribution >= 4 is 0 Å². The van der Waals surface area contributed by atoms with Gasteiger partial charge in [-0.2, -0.15) is 0 Å². The minimum atomic E-state index is 0.112. The van der Waals surface area contributed by atoms with Crippen molar-refractivity contribution in [2.75, 3.05) is 0 Å². The normalized spacial score (nSPS) is 10.3. The molecule has 0 unspecified atom stereocenters. The Morgan fingerprint density at radius 1 is 0.288 bits per heavy atom. The number of pyridine rings is 2. The third kappa shape index (κ3) is 26.3. The Balaban J connectivity index is -0.000000277. The molecule has 0 spiro atoms. The minimum Gasteiger partial charge on any atom is -0.260 e. The lowest BCUT2D eigenvalue weighted by molar-refractivity contribution is 0.564. The van der Waals surface area contributed by atoms with Gasteiger partial charge in [0.2, 0.25) is 0 Å². The van der Waals surface area contributed by atoms with Gasteiger partial charge in [0, 0.05) is 70.2 Å². The van der Waals surface area contributed by atoms with Crippen molar-refractivity contribution < 1.29 is 0 Å². The first-order chi connectivity index (χ1) is 24.0. The third-order valence-electron chi connectivity index (χ3n) is 6.46. The Labute approximate surface area is 323 Å². The number of aromatic nitrogens is 6. The van der Waals surface area contributed by atoms with E-state index in [0.29, 0.717) is 0 Å². The lowest BCUT2D eigenvalue weighted by atomic mass is 9.91. The SMILES string of the molecule is CC.CC.CC.CC.Cc1ccc(C(C)(C)C)nc1.Cc1ccc(C(C)(C)C)nc1.Cc1cnc(C(C)(C)C)cn1.Cc1cnc(C(C)(C)C)cn1. The van der Waals surface area contributed by atoms with Crippen molar-refractivity contribution in [3.8, 4) is 0 Å². The second kappa shape index (κ2) is 28.0. The highest BCUT2D eigenvalue weighted by atomic mass is 14.8. The van der Waals surface area contributed by atoms with E-state index < -0.39 is 0 Å². The van der Waals surface area contributed by atoms with Crippen molar-refractivity contribution in [1.82, 2.24) is 29.9 Å². The molecule has 296 valence electrons. The highest BCUT2D eigenvalue weighted by Gasteiger charge is 2.16. The summed E-state index contributed by atoms with van der Waals surface area (Å²) in [5, 5.41) is 0. The van der Waals surface area contributed by atoms with Gasteiger partial charge in [-0.1, -0.05) is 151 Å². The van der Waals surface area contributed by atoms with Crippen LogP contribution >= 0.6 is 0 Å². The average Bonchev–Trinajstić information content (AvgIpc) is 3.08. The first-order valence-corrected chi connectivity index (χ1v) is 19.4. The van der Waals surface area contributed by atoms with Crippen molar-refractivity contribution in [3.63, 3.8) is 0 Å². The molecule has 0 bridgehead atoms. The molecule has 0 saturated carbocycles. The lowest BCUT2D eigenvalue weighted by Gasteiger charge is -2.17. The van der Waals surface area contributed by atoms with E-state index in [-0.39, 0.29) is 21.7 Å². The van der Waals surface area contributed by atoms with Crippen molar-refractivity contribution in [1.29, 1.82) is 0 Å². The number of aryl methyl sites for hydroxylation is 4. The Bertz CT molecular complexity index is 1140. The molecule has 0 amide bonds. The van der Waals surface area contributed by atoms with Crippen LogP contribution in [0.3, 0.4) is 0 Å². The van der Waals surface area contributed by atoms with Crippen LogP contribution in [0.15, 0.2) is 61.4 Å². The molecule has 52 heavy (non-hydrogen) atoms. The van der Waals surface area contributed by atoms with E-state index in [1.165, 1.54) is 11.1 Å². The zero-order valence-corrected chi connectivity index (χ0v) is 38.5. The maximum atomic E-state index is 4.35. The Morgan fingerprint density at radius 3 is 0.673 bits per heavy atom. The highest BCUT2D eigenvalue weighted by Crippen LogP contribution is 2.21. The summed E-state index contributed by atoms with van der Waals surface area (Å²) in [6, 6.07) is 8.39. The molecule has 4 heterocycles. The van der Waals surface area contributed by atoms with Crippen molar-refractivity contribution in [3.05, 3.63) is 107 Å². The van der Waals surface area contributed by atoms with Gasteiger partial charge in [0.25, 0.3) is 0 Å². The quantitative estimate of drug-likeness (QED) is 0.180. The summed E-state index contributed by atoms with van der Waals surface area (Å²) in [6.07, 6.45) is 11.1. The molecular weight excluding hydrogens is 637 g/mol.